The van der Waals surface area contributed by atoms with Crippen LogP contribution in [0, 0.1) is 13.8 Å². The lowest BCUT2D eigenvalue weighted by atomic mass is 10.0. The van der Waals surface area contributed by atoms with E-state index in [4.69, 9.17) is 0 Å². The highest BCUT2D eigenvalue weighted by molar-refractivity contribution is 5.25. The predicted molar refractivity (Wildman–Crippen MR) is 61.9 cm³/mol. The number of nitrogens with one attached hydrogen (secondary N) is 1. The maximum atomic E-state index is 4.20. The standard InChI is InChI=1S/C13H16N2/c1-10-13(11(2)15-14-10)9-8-12-6-4-3-5-7-12/h3-7H,8-9H2,1-2H3,(H,14,15). The minimum Gasteiger partial charge on any atom is -0.282 e. The van der Waals surface area contributed by atoms with Gasteiger partial charge in [-0.2, -0.15) is 5.10 Å². The number of aryl methyl sites for hydroxylation is 3. The van der Waals surface area contributed by atoms with E-state index in [0.717, 1.165) is 18.5 Å². The van der Waals surface area contributed by atoms with Gasteiger partial charge in [0, 0.05) is 5.69 Å². The first kappa shape index (κ1) is 9.97. The molecule has 78 valence electrons. The zero-order valence-electron chi connectivity index (χ0n) is 9.25. The minimum absolute atomic E-state index is 1.07. The van der Waals surface area contributed by atoms with Crippen LogP contribution in [0.15, 0.2) is 30.3 Å². The van der Waals surface area contributed by atoms with Crippen molar-refractivity contribution in [3.05, 3.63) is 52.8 Å². The van der Waals surface area contributed by atoms with E-state index < -0.39 is 0 Å². The van der Waals surface area contributed by atoms with Crippen LogP contribution in [0.25, 0.3) is 0 Å². The van der Waals surface area contributed by atoms with Crippen LogP contribution in [-0.4, -0.2) is 10.2 Å². The fraction of sp³-hybridized carbons (Fsp3) is 0.308. The van der Waals surface area contributed by atoms with Crippen molar-refractivity contribution in [3.8, 4) is 0 Å². The summed E-state index contributed by atoms with van der Waals surface area (Å²) in [6, 6.07) is 10.6. The highest BCUT2D eigenvalue weighted by atomic mass is 15.1. The van der Waals surface area contributed by atoms with Crippen molar-refractivity contribution in [3.63, 3.8) is 0 Å². The molecule has 0 saturated carbocycles. The van der Waals surface area contributed by atoms with Gasteiger partial charge in [-0.05, 0) is 37.8 Å². The molecular weight excluding hydrogens is 184 g/mol. The summed E-state index contributed by atoms with van der Waals surface area (Å²) in [5, 5.41) is 7.23. The van der Waals surface area contributed by atoms with Gasteiger partial charge in [-0.3, -0.25) is 5.10 Å². The summed E-state index contributed by atoms with van der Waals surface area (Å²) < 4.78 is 0. The van der Waals surface area contributed by atoms with E-state index in [2.05, 4.69) is 54.4 Å². The van der Waals surface area contributed by atoms with Gasteiger partial charge in [0.05, 0.1) is 5.69 Å². The van der Waals surface area contributed by atoms with Crippen molar-refractivity contribution < 1.29 is 0 Å². The molecule has 1 aromatic carbocycles. The van der Waals surface area contributed by atoms with Crippen molar-refractivity contribution in [2.75, 3.05) is 0 Å². The van der Waals surface area contributed by atoms with E-state index >= 15 is 0 Å². The molecular formula is C13H16N2. The number of benzene rings is 1. The molecule has 1 N–H and O–H groups in total. The zero-order valence-corrected chi connectivity index (χ0v) is 9.25. The number of hydrogen-bond donors (Lipinski definition) is 1. The molecule has 0 radical (unpaired) electrons. The summed E-state index contributed by atoms with van der Waals surface area (Å²) in [6.07, 6.45) is 2.15. The SMILES string of the molecule is Cc1n[nH]c(C)c1CCc1ccccc1. The number of aromatic amines is 1. The Hall–Kier alpha value is -1.57. The predicted octanol–water partition coefficient (Wildman–Crippen LogP) is 2.81. The molecule has 0 unspecified atom stereocenters. The molecule has 2 heteroatoms. The molecule has 15 heavy (non-hydrogen) atoms. The summed E-state index contributed by atoms with van der Waals surface area (Å²) >= 11 is 0. The van der Waals surface area contributed by atoms with Crippen molar-refractivity contribution in [1.29, 1.82) is 0 Å². The molecule has 2 rings (SSSR count). The molecule has 0 saturated heterocycles. The second-order valence-electron chi connectivity index (χ2n) is 3.90. The molecule has 1 aromatic heterocycles. The number of hydrogen-bond acceptors (Lipinski definition) is 1. The largest absolute Gasteiger partial charge is 0.282 e. The topological polar surface area (TPSA) is 28.7 Å². The first-order chi connectivity index (χ1) is 7.27. The molecule has 0 aliphatic carbocycles. The summed E-state index contributed by atoms with van der Waals surface area (Å²) in [7, 11) is 0. The molecule has 0 aliphatic rings. The number of aromatic nitrogens is 2. The summed E-state index contributed by atoms with van der Waals surface area (Å²) in [6.45, 7) is 4.14. The molecule has 0 spiro atoms. The van der Waals surface area contributed by atoms with E-state index in [-0.39, 0.29) is 0 Å². The van der Waals surface area contributed by atoms with E-state index in [1.807, 2.05) is 0 Å². The fourth-order valence-corrected chi connectivity index (χ4v) is 1.86. The van der Waals surface area contributed by atoms with Gasteiger partial charge in [0.15, 0.2) is 0 Å². The Morgan fingerprint density at radius 2 is 1.80 bits per heavy atom. The molecule has 0 fully saturated rings. The maximum Gasteiger partial charge on any atom is 0.0626 e. The summed E-state index contributed by atoms with van der Waals surface area (Å²) in [5.41, 5.74) is 5.07. The molecule has 1 heterocycles. The Morgan fingerprint density at radius 1 is 1.07 bits per heavy atom. The van der Waals surface area contributed by atoms with Gasteiger partial charge in [0.2, 0.25) is 0 Å². The Labute approximate surface area is 90.3 Å². The van der Waals surface area contributed by atoms with Crippen molar-refractivity contribution >= 4 is 0 Å². The highest BCUT2D eigenvalue weighted by Crippen LogP contribution is 2.13. The third-order valence-corrected chi connectivity index (χ3v) is 2.79. The Kier molecular flexibility index (Phi) is 2.86. The van der Waals surface area contributed by atoms with Crippen molar-refractivity contribution in [2.24, 2.45) is 0 Å². The van der Waals surface area contributed by atoms with Gasteiger partial charge in [0.1, 0.15) is 0 Å². The number of rotatable bonds is 3. The fourth-order valence-electron chi connectivity index (χ4n) is 1.86. The second-order valence-corrected chi connectivity index (χ2v) is 3.90. The van der Waals surface area contributed by atoms with Crippen LogP contribution in [0.4, 0.5) is 0 Å². The lowest BCUT2D eigenvalue weighted by Crippen LogP contribution is -1.93. The Bertz CT molecular complexity index is 410. The molecule has 0 atom stereocenters. The third-order valence-electron chi connectivity index (χ3n) is 2.79. The third kappa shape index (κ3) is 2.27. The van der Waals surface area contributed by atoms with Gasteiger partial charge >= 0.3 is 0 Å². The number of nitrogens with zero attached hydrogens (tertiary/aromatic N) is 1. The molecule has 0 aliphatic heterocycles. The van der Waals surface area contributed by atoms with Crippen LogP contribution >= 0.6 is 0 Å². The molecule has 0 amide bonds. The van der Waals surface area contributed by atoms with Crippen LogP contribution in [0.5, 0.6) is 0 Å². The number of H-pyrrole nitrogens is 1. The molecule has 2 aromatic rings. The van der Waals surface area contributed by atoms with Gasteiger partial charge in [-0.25, -0.2) is 0 Å². The van der Waals surface area contributed by atoms with Gasteiger partial charge in [0.25, 0.3) is 0 Å². The lowest BCUT2D eigenvalue weighted by Gasteiger charge is -2.01. The van der Waals surface area contributed by atoms with E-state index in [0.29, 0.717) is 0 Å². The quantitative estimate of drug-likeness (QED) is 0.811. The smallest absolute Gasteiger partial charge is 0.0626 e. The van der Waals surface area contributed by atoms with Crippen LogP contribution in [0.2, 0.25) is 0 Å². The monoisotopic (exact) mass is 200 g/mol. The lowest BCUT2D eigenvalue weighted by molar-refractivity contribution is 0.940. The Balaban J connectivity index is 2.05. The summed E-state index contributed by atoms with van der Waals surface area (Å²) in [4.78, 5) is 0. The molecule has 0 bridgehead atoms. The second kappa shape index (κ2) is 4.30. The summed E-state index contributed by atoms with van der Waals surface area (Å²) in [5.74, 6) is 0. The zero-order chi connectivity index (χ0) is 10.7. The van der Waals surface area contributed by atoms with Crippen LogP contribution in [0.3, 0.4) is 0 Å². The highest BCUT2D eigenvalue weighted by Gasteiger charge is 2.05. The van der Waals surface area contributed by atoms with Gasteiger partial charge in [-0.1, -0.05) is 30.3 Å². The van der Waals surface area contributed by atoms with E-state index in [9.17, 15) is 0 Å². The van der Waals surface area contributed by atoms with Gasteiger partial charge < -0.3 is 0 Å². The van der Waals surface area contributed by atoms with Crippen molar-refractivity contribution in [2.45, 2.75) is 26.7 Å². The Morgan fingerprint density at radius 3 is 2.40 bits per heavy atom. The normalized spacial score (nSPS) is 10.5. The van der Waals surface area contributed by atoms with Crippen LogP contribution in [0.1, 0.15) is 22.5 Å². The average molecular weight is 200 g/mol. The van der Waals surface area contributed by atoms with E-state index in [1.165, 1.54) is 16.8 Å². The first-order valence-corrected chi connectivity index (χ1v) is 5.32. The first-order valence-electron chi connectivity index (χ1n) is 5.32. The van der Waals surface area contributed by atoms with Crippen LogP contribution < -0.4 is 0 Å². The molecule has 2 nitrogen and oxygen atoms in total. The minimum atomic E-state index is 1.07. The van der Waals surface area contributed by atoms with E-state index in [1.54, 1.807) is 0 Å². The average Bonchev–Trinajstić information content (AvgIpc) is 2.58. The van der Waals surface area contributed by atoms with Crippen LogP contribution in [-0.2, 0) is 12.8 Å². The van der Waals surface area contributed by atoms with Crippen molar-refractivity contribution in [1.82, 2.24) is 10.2 Å². The van der Waals surface area contributed by atoms with Gasteiger partial charge in [-0.15, -0.1) is 0 Å². The maximum absolute atomic E-state index is 4.20.